The van der Waals surface area contributed by atoms with Gasteiger partial charge in [0.15, 0.2) is 0 Å². The maximum atomic E-state index is 12.1. The number of urea groups is 1. The topological polar surface area (TPSA) is 60.9 Å². The number of carboxylic acids is 1. The molecule has 17 heavy (non-hydrogen) atoms. The third-order valence-corrected chi connectivity index (χ3v) is 2.78. The number of carbonyl (C=O) groups excluding carboxylic acids is 1. The van der Waals surface area contributed by atoms with E-state index in [1.165, 1.54) is 11.9 Å². The smallest absolute Gasteiger partial charge is 0.319 e. The van der Waals surface area contributed by atoms with E-state index in [-0.39, 0.29) is 6.54 Å². The lowest BCUT2D eigenvalue weighted by Gasteiger charge is -2.33. The molecule has 0 aromatic rings. The van der Waals surface area contributed by atoms with Crippen LogP contribution in [0.15, 0.2) is 0 Å². The third kappa shape index (κ3) is 3.83. The Morgan fingerprint density at radius 1 is 1.53 bits per heavy atom. The first-order valence-electron chi connectivity index (χ1n) is 5.42. The Kier molecular flexibility index (Phi) is 4.65. The molecule has 0 radical (unpaired) electrons. The van der Waals surface area contributed by atoms with E-state index in [1.54, 1.807) is 0 Å². The van der Waals surface area contributed by atoms with Crippen molar-refractivity contribution < 1.29 is 23.5 Å². The van der Waals surface area contributed by atoms with Gasteiger partial charge >= 0.3 is 12.0 Å². The summed E-state index contributed by atoms with van der Waals surface area (Å²) < 4.78 is 24.2. The highest BCUT2D eigenvalue weighted by Gasteiger charge is 2.30. The Hall–Kier alpha value is -1.40. The van der Waals surface area contributed by atoms with E-state index in [2.05, 4.69) is 0 Å². The van der Waals surface area contributed by atoms with Crippen LogP contribution < -0.4 is 0 Å². The molecular weight excluding hydrogens is 234 g/mol. The Labute approximate surface area is 98.0 Å². The molecule has 1 N–H and O–H groups in total. The summed E-state index contributed by atoms with van der Waals surface area (Å²) in [5, 5.41) is 8.85. The summed E-state index contributed by atoms with van der Waals surface area (Å²) in [7, 11) is 1.29. The Balaban J connectivity index is 2.54. The molecule has 0 unspecified atom stereocenters. The molecule has 98 valence electrons. The molecule has 1 saturated heterocycles. The second kappa shape index (κ2) is 5.79. The number of hydrogen-bond donors (Lipinski definition) is 1. The number of amides is 2. The molecule has 1 aliphatic heterocycles. The fourth-order valence-corrected chi connectivity index (χ4v) is 1.88. The van der Waals surface area contributed by atoms with E-state index in [1.807, 2.05) is 0 Å². The zero-order chi connectivity index (χ0) is 13.0. The molecule has 7 heteroatoms. The lowest BCUT2D eigenvalue weighted by atomic mass is 9.99. The average molecular weight is 250 g/mol. The molecule has 0 aliphatic carbocycles. The maximum Gasteiger partial charge on any atom is 0.319 e. The summed E-state index contributed by atoms with van der Waals surface area (Å²) in [4.78, 5) is 24.8. The summed E-state index contributed by atoms with van der Waals surface area (Å²) in [6.07, 6.45) is -1.47. The summed E-state index contributed by atoms with van der Waals surface area (Å²) in [5.74, 6) is -1.54. The molecule has 1 heterocycles. The van der Waals surface area contributed by atoms with Crippen LogP contribution in [-0.4, -0.2) is 60.0 Å². The van der Waals surface area contributed by atoms with Gasteiger partial charge in [0.1, 0.15) is 0 Å². The molecule has 0 saturated carbocycles. The minimum Gasteiger partial charge on any atom is -0.481 e. The summed E-state index contributed by atoms with van der Waals surface area (Å²) >= 11 is 0. The van der Waals surface area contributed by atoms with Crippen molar-refractivity contribution in [3.05, 3.63) is 0 Å². The normalized spacial score (nSPS) is 20.5. The standard InChI is InChI=1S/C10H16F2N2O3/c1-13(6-8(11)12)10(17)14-4-2-3-7(5-14)9(15)16/h7-8H,2-6H2,1H3,(H,15,16)/t7-/m0/s1. The SMILES string of the molecule is CN(CC(F)F)C(=O)N1CCC[C@H](C(=O)O)C1. The Bertz CT molecular complexity index is 299. The van der Waals surface area contributed by atoms with Crippen LogP contribution in [0.5, 0.6) is 0 Å². The number of aliphatic carboxylic acids is 1. The van der Waals surface area contributed by atoms with Crippen LogP contribution >= 0.6 is 0 Å². The minimum atomic E-state index is -2.58. The van der Waals surface area contributed by atoms with Crippen molar-refractivity contribution in [3.8, 4) is 0 Å². The number of rotatable bonds is 3. The molecule has 0 aromatic heterocycles. The highest BCUT2D eigenvalue weighted by molar-refractivity contribution is 5.76. The number of nitrogens with zero attached hydrogens (tertiary/aromatic N) is 2. The van der Waals surface area contributed by atoms with Gasteiger partial charge in [0.2, 0.25) is 0 Å². The predicted molar refractivity (Wildman–Crippen MR) is 56.0 cm³/mol. The fraction of sp³-hybridized carbons (Fsp3) is 0.800. The lowest BCUT2D eigenvalue weighted by Crippen LogP contribution is -2.48. The van der Waals surface area contributed by atoms with Crippen molar-refractivity contribution in [2.75, 3.05) is 26.7 Å². The maximum absolute atomic E-state index is 12.1. The summed E-state index contributed by atoms with van der Waals surface area (Å²) in [6, 6.07) is -0.531. The zero-order valence-corrected chi connectivity index (χ0v) is 9.60. The van der Waals surface area contributed by atoms with Gasteiger partial charge in [-0.2, -0.15) is 0 Å². The quantitative estimate of drug-likeness (QED) is 0.816. The van der Waals surface area contributed by atoms with Crippen molar-refractivity contribution in [2.45, 2.75) is 19.3 Å². The molecule has 1 fully saturated rings. The van der Waals surface area contributed by atoms with Crippen LogP contribution in [0.1, 0.15) is 12.8 Å². The van der Waals surface area contributed by atoms with Gasteiger partial charge in [-0.05, 0) is 12.8 Å². The van der Waals surface area contributed by atoms with Crippen LogP contribution in [0.4, 0.5) is 13.6 Å². The van der Waals surface area contributed by atoms with Gasteiger partial charge in [-0.15, -0.1) is 0 Å². The first kappa shape index (κ1) is 13.7. The first-order chi connectivity index (χ1) is 7.91. The molecule has 1 atom stereocenters. The van der Waals surface area contributed by atoms with Gasteiger partial charge in [-0.25, -0.2) is 13.6 Å². The van der Waals surface area contributed by atoms with Crippen LogP contribution in [0.25, 0.3) is 0 Å². The lowest BCUT2D eigenvalue weighted by molar-refractivity contribution is -0.143. The van der Waals surface area contributed by atoms with E-state index >= 15 is 0 Å². The number of likely N-dealkylation sites (tertiary alicyclic amines) is 1. The summed E-state index contributed by atoms with van der Waals surface area (Å²) in [6.45, 7) is -0.106. The molecule has 0 aromatic carbocycles. The molecule has 2 amide bonds. The van der Waals surface area contributed by atoms with Gasteiger partial charge < -0.3 is 14.9 Å². The number of carbonyl (C=O) groups is 2. The number of piperidine rings is 1. The highest BCUT2D eigenvalue weighted by Crippen LogP contribution is 2.17. The van der Waals surface area contributed by atoms with Crippen LogP contribution in [-0.2, 0) is 4.79 Å². The number of alkyl halides is 2. The molecule has 1 aliphatic rings. The van der Waals surface area contributed by atoms with Crippen LogP contribution in [0.2, 0.25) is 0 Å². The van der Waals surface area contributed by atoms with Crippen molar-refractivity contribution in [3.63, 3.8) is 0 Å². The van der Waals surface area contributed by atoms with Gasteiger partial charge in [0.05, 0.1) is 12.5 Å². The largest absolute Gasteiger partial charge is 0.481 e. The van der Waals surface area contributed by atoms with Crippen molar-refractivity contribution in [1.29, 1.82) is 0 Å². The first-order valence-corrected chi connectivity index (χ1v) is 5.42. The van der Waals surface area contributed by atoms with Crippen LogP contribution in [0, 0.1) is 5.92 Å². The van der Waals surface area contributed by atoms with Gasteiger partial charge in [0.25, 0.3) is 6.43 Å². The predicted octanol–water partition coefficient (Wildman–Crippen LogP) is 1.10. The number of hydrogen-bond acceptors (Lipinski definition) is 2. The van der Waals surface area contributed by atoms with E-state index in [0.717, 1.165) is 4.90 Å². The van der Waals surface area contributed by atoms with E-state index in [4.69, 9.17) is 5.11 Å². The van der Waals surface area contributed by atoms with E-state index in [0.29, 0.717) is 19.4 Å². The number of carboxylic acid groups (broad SMARTS) is 1. The number of halogens is 2. The van der Waals surface area contributed by atoms with Gasteiger partial charge in [0, 0.05) is 20.1 Å². The minimum absolute atomic E-state index is 0.0990. The monoisotopic (exact) mass is 250 g/mol. The molecule has 5 nitrogen and oxygen atoms in total. The molecule has 0 bridgehead atoms. The Morgan fingerprint density at radius 2 is 2.18 bits per heavy atom. The van der Waals surface area contributed by atoms with Crippen molar-refractivity contribution >= 4 is 12.0 Å². The fourth-order valence-electron chi connectivity index (χ4n) is 1.88. The summed E-state index contributed by atoms with van der Waals surface area (Å²) in [5.41, 5.74) is 0. The highest BCUT2D eigenvalue weighted by atomic mass is 19.3. The van der Waals surface area contributed by atoms with E-state index < -0.39 is 30.9 Å². The molecule has 1 rings (SSSR count). The average Bonchev–Trinajstić information content (AvgIpc) is 2.27. The van der Waals surface area contributed by atoms with Gasteiger partial charge in [-0.1, -0.05) is 0 Å². The second-order valence-corrected chi connectivity index (χ2v) is 4.18. The zero-order valence-electron chi connectivity index (χ0n) is 9.60. The van der Waals surface area contributed by atoms with Gasteiger partial charge in [-0.3, -0.25) is 4.79 Å². The van der Waals surface area contributed by atoms with Crippen molar-refractivity contribution in [1.82, 2.24) is 9.80 Å². The third-order valence-electron chi connectivity index (χ3n) is 2.78. The second-order valence-electron chi connectivity index (χ2n) is 4.18. The molecule has 0 spiro atoms. The van der Waals surface area contributed by atoms with E-state index in [9.17, 15) is 18.4 Å². The molecular formula is C10H16F2N2O3. The van der Waals surface area contributed by atoms with Crippen LogP contribution in [0.3, 0.4) is 0 Å². The van der Waals surface area contributed by atoms with Crippen molar-refractivity contribution in [2.24, 2.45) is 5.92 Å². The Morgan fingerprint density at radius 3 is 2.71 bits per heavy atom.